The van der Waals surface area contributed by atoms with E-state index in [1.165, 1.54) is 18.2 Å². The largest absolute Gasteiger partial charge is 0.350 e. The number of carbonyl (C=O) groups excluding carboxylic acids is 1. The molecule has 0 fully saturated rings. The summed E-state index contributed by atoms with van der Waals surface area (Å²) >= 11 is 11.8. The van der Waals surface area contributed by atoms with Crippen LogP contribution in [0.2, 0.25) is 10.0 Å². The van der Waals surface area contributed by atoms with Crippen molar-refractivity contribution >= 4 is 44.8 Å². The van der Waals surface area contributed by atoms with E-state index in [0.29, 0.717) is 0 Å². The molecule has 128 valence electrons. The lowest BCUT2D eigenvalue weighted by molar-refractivity contribution is -0.119. The molecule has 0 aliphatic heterocycles. The van der Waals surface area contributed by atoms with Crippen LogP contribution in [0.4, 0.5) is 5.69 Å². The molecule has 0 aliphatic carbocycles. The lowest BCUT2D eigenvalue weighted by atomic mass is 10.3. The van der Waals surface area contributed by atoms with E-state index in [1.54, 1.807) is 24.5 Å². The quantitative estimate of drug-likeness (QED) is 0.825. The fourth-order valence-corrected chi connectivity index (χ4v) is 3.33. The Bertz CT molecular complexity index is 809. The number of anilines is 1. The smallest absolute Gasteiger partial charge is 0.241 e. The third kappa shape index (κ3) is 5.36. The molecule has 0 bridgehead atoms. The lowest BCUT2D eigenvalue weighted by Gasteiger charge is -2.22. The van der Waals surface area contributed by atoms with Crippen LogP contribution in [0, 0.1) is 0 Å². The fourth-order valence-electron chi connectivity index (χ4n) is 1.97. The van der Waals surface area contributed by atoms with Crippen molar-refractivity contribution < 1.29 is 13.2 Å². The molecular weight excluding hydrogens is 373 g/mol. The van der Waals surface area contributed by atoms with E-state index < -0.39 is 15.9 Å². The molecular formula is C15H15Cl2N3O3S. The minimum atomic E-state index is -3.69. The molecule has 0 atom stereocenters. The predicted octanol–water partition coefficient (Wildman–Crippen LogP) is 2.47. The van der Waals surface area contributed by atoms with Gasteiger partial charge in [-0.15, -0.1) is 0 Å². The number of rotatable bonds is 6. The number of aromatic nitrogens is 1. The van der Waals surface area contributed by atoms with Gasteiger partial charge in [0, 0.05) is 29.0 Å². The second-order valence-corrected chi connectivity index (χ2v) is 7.81. The molecule has 1 heterocycles. The number of nitrogens with one attached hydrogen (secondary N) is 1. The highest BCUT2D eigenvalue weighted by Gasteiger charge is 2.21. The first-order valence-corrected chi connectivity index (χ1v) is 9.45. The van der Waals surface area contributed by atoms with E-state index in [2.05, 4.69) is 10.3 Å². The van der Waals surface area contributed by atoms with E-state index in [0.717, 1.165) is 16.1 Å². The third-order valence-electron chi connectivity index (χ3n) is 3.04. The van der Waals surface area contributed by atoms with Crippen LogP contribution in [0.5, 0.6) is 0 Å². The van der Waals surface area contributed by atoms with Gasteiger partial charge in [-0.05, 0) is 29.8 Å². The van der Waals surface area contributed by atoms with Gasteiger partial charge in [0.2, 0.25) is 15.9 Å². The topological polar surface area (TPSA) is 79.4 Å². The van der Waals surface area contributed by atoms with Gasteiger partial charge in [-0.1, -0.05) is 29.3 Å². The number of hydrogen-bond acceptors (Lipinski definition) is 4. The summed E-state index contributed by atoms with van der Waals surface area (Å²) in [7, 11) is -3.69. The minimum Gasteiger partial charge on any atom is -0.350 e. The molecule has 6 nitrogen and oxygen atoms in total. The van der Waals surface area contributed by atoms with E-state index in [4.69, 9.17) is 23.2 Å². The summed E-state index contributed by atoms with van der Waals surface area (Å²) in [5, 5.41) is 3.21. The highest BCUT2D eigenvalue weighted by atomic mass is 35.5. The molecule has 24 heavy (non-hydrogen) atoms. The Labute approximate surface area is 150 Å². The normalized spacial score (nSPS) is 11.1. The first-order valence-electron chi connectivity index (χ1n) is 6.85. The van der Waals surface area contributed by atoms with Crippen molar-refractivity contribution in [1.82, 2.24) is 10.3 Å². The van der Waals surface area contributed by atoms with Gasteiger partial charge in [-0.2, -0.15) is 0 Å². The van der Waals surface area contributed by atoms with Crippen molar-refractivity contribution in [3.63, 3.8) is 0 Å². The molecule has 0 radical (unpaired) electrons. The molecule has 2 rings (SSSR count). The van der Waals surface area contributed by atoms with Gasteiger partial charge in [0.15, 0.2) is 0 Å². The summed E-state index contributed by atoms with van der Waals surface area (Å²) in [6.45, 7) is -0.129. The molecule has 0 unspecified atom stereocenters. The van der Waals surface area contributed by atoms with Crippen LogP contribution in [0.25, 0.3) is 0 Å². The number of benzene rings is 1. The summed E-state index contributed by atoms with van der Waals surface area (Å²) in [6, 6.07) is 7.90. The summed E-state index contributed by atoms with van der Waals surface area (Å²) in [5.74, 6) is -0.458. The van der Waals surface area contributed by atoms with Crippen LogP contribution in [0.15, 0.2) is 42.7 Å². The maximum atomic E-state index is 12.1. The van der Waals surface area contributed by atoms with Crippen LogP contribution in [-0.4, -0.2) is 32.1 Å². The van der Waals surface area contributed by atoms with Crippen molar-refractivity contribution in [3.05, 3.63) is 58.3 Å². The molecule has 1 amide bonds. The van der Waals surface area contributed by atoms with Gasteiger partial charge in [-0.25, -0.2) is 8.42 Å². The zero-order chi connectivity index (χ0) is 17.7. The van der Waals surface area contributed by atoms with Crippen molar-refractivity contribution in [1.29, 1.82) is 0 Å². The van der Waals surface area contributed by atoms with Gasteiger partial charge in [0.1, 0.15) is 6.54 Å². The Hall–Kier alpha value is -1.83. The standard InChI is InChI=1S/C15H15Cl2N3O3S/c1-24(22,23)20(14-6-12(16)5-13(17)7-14)10-15(21)19-9-11-3-2-4-18-8-11/h2-8H,9-10H2,1H3,(H,19,21). The van der Waals surface area contributed by atoms with E-state index in [-0.39, 0.29) is 28.8 Å². The van der Waals surface area contributed by atoms with E-state index in [1.807, 2.05) is 0 Å². The Morgan fingerprint density at radius 3 is 2.46 bits per heavy atom. The van der Waals surface area contributed by atoms with Crippen LogP contribution >= 0.6 is 23.2 Å². The molecule has 0 saturated carbocycles. The summed E-state index contributed by atoms with van der Waals surface area (Å²) in [5.41, 5.74) is 1.04. The van der Waals surface area contributed by atoms with Gasteiger partial charge in [0.25, 0.3) is 0 Å². The van der Waals surface area contributed by atoms with Crippen molar-refractivity contribution in [2.75, 3.05) is 17.1 Å². The maximum Gasteiger partial charge on any atom is 0.241 e. The third-order valence-corrected chi connectivity index (χ3v) is 4.61. The highest BCUT2D eigenvalue weighted by molar-refractivity contribution is 7.92. The molecule has 1 aromatic heterocycles. The Morgan fingerprint density at radius 2 is 1.92 bits per heavy atom. The van der Waals surface area contributed by atoms with Gasteiger partial charge in [0.05, 0.1) is 11.9 Å². The first-order chi connectivity index (χ1) is 11.3. The van der Waals surface area contributed by atoms with E-state index >= 15 is 0 Å². The zero-order valence-corrected chi connectivity index (χ0v) is 15.1. The molecule has 0 spiro atoms. The van der Waals surface area contributed by atoms with Crippen LogP contribution in [0.1, 0.15) is 5.56 Å². The Morgan fingerprint density at radius 1 is 1.25 bits per heavy atom. The second kappa shape index (κ2) is 7.83. The molecule has 0 saturated heterocycles. The average molecular weight is 388 g/mol. The number of halogens is 2. The number of sulfonamides is 1. The van der Waals surface area contributed by atoms with Gasteiger partial charge in [-0.3, -0.25) is 14.1 Å². The number of pyridine rings is 1. The number of hydrogen-bond donors (Lipinski definition) is 1. The lowest BCUT2D eigenvalue weighted by Crippen LogP contribution is -2.40. The number of amides is 1. The fraction of sp³-hybridized carbons (Fsp3) is 0.200. The minimum absolute atomic E-state index is 0.228. The monoisotopic (exact) mass is 387 g/mol. The summed E-state index contributed by atoms with van der Waals surface area (Å²) in [6.07, 6.45) is 4.25. The Balaban J connectivity index is 2.13. The molecule has 0 aliphatic rings. The van der Waals surface area contributed by atoms with Crippen molar-refractivity contribution in [2.24, 2.45) is 0 Å². The van der Waals surface area contributed by atoms with Crippen LogP contribution in [0.3, 0.4) is 0 Å². The maximum absolute atomic E-state index is 12.1. The zero-order valence-electron chi connectivity index (χ0n) is 12.7. The SMILES string of the molecule is CS(=O)(=O)N(CC(=O)NCc1cccnc1)c1cc(Cl)cc(Cl)c1. The second-order valence-electron chi connectivity index (χ2n) is 5.04. The Kier molecular flexibility index (Phi) is 6.04. The molecule has 9 heteroatoms. The number of carbonyl (C=O) groups is 1. The highest BCUT2D eigenvalue weighted by Crippen LogP contribution is 2.26. The predicted molar refractivity (Wildman–Crippen MR) is 94.7 cm³/mol. The van der Waals surface area contributed by atoms with Gasteiger partial charge >= 0.3 is 0 Å². The average Bonchev–Trinajstić information content (AvgIpc) is 2.49. The summed E-state index contributed by atoms with van der Waals surface area (Å²) in [4.78, 5) is 16.1. The van der Waals surface area contributed by atoms with Crippen LogP contribution in [-0.2, 0) is 21.4 Å². The molecule has 1 N–H and O–H groups in total. The molecule has 1 aromatic carbocycles. The van der Waals surface area contributed by atoms with Crippen molar-refractivity contribution in [3.8, 4) is 0 Å². The molecule has 2 aromatic rings. The van der Waals surface area contributed by atoms with Crippen LogP contribution < -0.4 is 9.62 Å². The van der Waals surface area contributed by atoms with Crippen molar-refractivity contribution in [2.45, 2.75) is 6.54 Å². The van der Waals surface area contributed by atoms with Gasteiger partial charge < -0.3 is 5.32 Å². The number of nitrogens with zero attached hydrogens (tertiary/aromatic N) is 2. The first kappa shape index (κ1) is 18.5. The summed E-state index contributed by atoms with van der Waals surface area (Å²) < 4.78 is 25.0. The van der Waals surface area contributed by atoms with E-state index in [9.17, 15) is 13.2 Å².